The molecule has 1 aliphatic rings. The van der Waals surface area contributed by atoms with Crippen molar-refractivity contribution in [3.8, 4) is 0 Å². The van der Waals surface area contributed by atoms with Crippen LogP contribution >= 0.6 is 0 Å². The highest BCUT2D eigenvalue weighted by atomic mass is 17.0. The van der Waals surface area contributed by atoms with Crippen LogP contribution in [-0.4, -0.2) is 17.7 Å². The predicted molar refractivity (Wildman–Crippen MR) is 93.5 cm³/mol. The van der Waals surface area contributed by atoms with Crippen LogP contribution in [0, 0.1) is 26.9 Å². The number of nitrogens with zero attached hydrogens (tertiary/aromatic N) is 1. The second kappa shape index (κ2) is 8.86. The Morgan fingerprint density at radius 3 is 2.57 bits per heavy atom. The Bertz CT molecular complexity index is 373. The molecule has 5 heteroatoms. The van der Waals surface area contributed by atoms with Crippen molar-refractivity contribution in [2.24, 2.45) is 22.5 Å². The lowest BCUT2D eigenvalue weighted by molar-refractivity contribution is -0.773. The Labute approximate surface area is 141 Å². The van der Waals surface area contributed by atoms with Gasteiger partial charge in [0.2, 0.25) is 0 Å². The fraction of sp³-hybridized carbons (Fsp3) is 1.00. The molecule has 0 radical (unpaired) electrons. The van der Waals surface area contributed by atoms with Gasteiger partial charge in [0.25, 0.3) is 5.09 Å². The van der Waals surface area contributed by atoms with Gasteiger partial charge >= 0.3 is 0 Å². The van der Waals surface area contributed by atoms with E-state index in [2.05, 4.69) is 20.8 Å². The third kappa shape index (κ3) is 5.63. The molecule has 0 aromatic carbocycles. The van der Waals surface area contributed by atoms with E-state index in [0.717, 1.165) is 38.5 Å². The number of hydrogen-bond donors (Lipinski definition) is 1. The van der Waals surface area contributed by atoms with Crippen molar-refractivity contribution in [2.45, 2.75) is 91.6 Å². The van der Waals surface area contributed by atoms with Gasteiger partial charge in [0.15, 0.2) is 0 Å². The lowest BCUT2D eigenvalue weighted by Gasteiger charge is -2.50. The maximum atomic E-state index is 11.0. The van der Waals surface area contributed by atoms with Crippen LogP contribution in [0.15, 0.2) is 0 Å². The number of hydrogen-bond acceptors (Lipinski definition) is 4. The van der Waals surface area contributed by atoms with Crippen molar-refractivity contribution in [3.05, 3.63) is 10.1 Å². The third-order valence-corrected chi connectivity index (χ3v) is 5.79. The van der Waals surface area contributed by atoms with Gasteiger partial charge in [-0.1, -0.05) is 47.0 Å². The summed E-state index contributed by atoms with van der Waals surface area (Å²) in [5.41, 5.74) is 5.93. The molecular formula is C18H36N2O3. The molecule has 1 rings (SSSR count). The summed E-state index contributed by atoms with van der Waals surface area (Å²) in [7, 11) is 0. The van der Waals surface area contributed by atoms with Crippen molar-refractivity contribution >= 4 is 0 Å². The molecule has 0 bridgehead atoms. The van der Waals surface area contributed by atoms with Gasteiger partial charge < -0.3 is 10.6 Å². The molecule has 136 valence electrons. The molecule has 0 saturated heterocycles. The van der Waals surface area contributed by atoms with Crippen molar-refractivity contribution in [3.63, 3.8) is 0 Å². The SMILES string of the molecule is CCCC(C)CC1(C(CC)O[N+](=O)[O-])CCCC(C)(CCN)C1. The van der Waals surface area contributed by atoms with Crippen LogP contribution in [0.1, 0.15) is 85.5 Å². The molecule has 1 saturated carbocycles. The zero-order chi connectivity index (χ0) is 17.5. The van der Waals surface area contributed by atoms with Crippen LogP contribution in [0.5, 0.6) is 0 Å². The fourth-order valence-corrected chi connectivity index (χ4v) is 5.05. The van der Waals surface area contributed by atoms with E-state index < -0.39 is 5.09 Å². The zero-order valence-corrected chi connectivity index (χ0v) is 15.5. The maximum Gasteiger partial charge on any atom is 0.294 e. The molecular weight excluding hydrogens is 292 g/mol. The third-order valence-electron chi connectivity index (χ3n) is 5.79. The smallest absolute Gasteiger partial charge is 0.294 e. The summed E-state index contributed by atoms with van der Waals surface area (Å²) in [5, 5.41) is 10.4. The Morgan fingerprint density at radius 2 is 2.04 bits per heavy atom. The van der Waals surface area contributed by atoms with Crippen molar-refractivity contribution < 1.29 is 9.92 Å². The average Bonchev–Trinajstić information content (AvgIpc) is 2.44. The lowest BCUT2D eigenvalue weighted by atomic mass is 9.56. The monoisotopic (exact) mass is 328 g/mol. The first-order valence-corrected chi connectivity index (χ1v) is 9.32. The molecule has 4 unspecified atom stereocenters. The molecule has 4 atom stereocenters. The number of rotatable bonds is 10. The lowest BCUT2D eigenvalue weighted by Crippen LogP contribution is -2.46. The molecule has 0 spiro atoms. The first-order chi connectivity index (χ1) is 10.8. The van der Waals surface area contributed by atoms with Gasteiger partial charge in [0.1, 0.15) is 6.10 Å². The highest BCUT2D eigenvalue weighted by Gasteiger charge is 2.48. The highest BCUT2D eigenvalue weighted by Crippen LogP contribution is 2.54. The van der Waals surface area contributed by atoms with Crippen LogP contribution < -0.4 is 5.73 Å². The molecule has 2 N–H and O–H groups in total. The average molecular weight is 328 g/mol. The van der Waals surface area contributed by atoms with E-state index in [-0.39, 0.29) is 16.9 Å². The van der Waals surface area contributed by atoms with E-state index in [0.29, 0.717) is 18.9 Å². The van der Waals surface area contributed by atoms with Crippen LogP contribution in [0.25, 0.3) is 0 Å². The zero-order valence-electron chi connectivity index (χ0n) is 15.5. The number of nitrogens with two attached hydrogens (primary N) is 1. The standard InChI is InChI=1S/C18H36N2O3/c1-5-8-15(3)13-18(16(6-2)23-20(21)22)10-7-9-17(4,14-18)11-12-19/h15-16H,5-14,19H2,1-4H3. The first kappa shape index (κ1) is 20.2. The van der Waals surface area contributed by atoms with Crippen molar-refractivity contribution in [1.29, 1.82) is 0 Å². The second-order valence-electron chi connectivity index (χ2n) is 8.07. The molecule has 0 aromatic rings. The van der Waals surface area contributed by atoms with Gasteiger partial charge in [-0.05, 0) is 61.8 Å². The van der Waals surface area contributed by atoms with E-state index in [1.165, 1.54) is 12.8 Å². The summed E-state index contributed by atoms with van der Waals surface area (Å²) in [5.74, 6) is 0.574. The fourth-order valence-electron chi connectivity index (χ4n) is 5.05. The normalized spacial score (nSPS) is 30.7. The molecule has 0 aliphatic heterocycles. The molecule has 0 heterocycles. The van der Waals surface area contributed by atoms with E-state index in [9.17, 15) is 10.1 Å². The minimum absolute atomic E-state index is 0.0847. The molecule has 0 aromatic heterocycles. The second-order valence-corrected chi connectivity index (χ2v) is 8.07. The Hall–Kier alpha value is -0.840. The van der Waals surface area contributed by atoms with Gasteiger partial charge in [-0.15, -0.1) is 10.1 Å². The van der Waals surface area contributed by atoms with Gasteiger partial charge in [-0.2, -0.15) is 0 Å². The van der Waals surface area contributed by atoms with Gasteiger partial charge in [-0.3, -0.25) is 0 Å². The van der Waals surface area contributed by atoms with Crippen molar-refractivity contribution in [1.82, 2.24) is 0 Å². The van der Waals surface area contributed by atoms with Crippen LogP contribution in [-0.2, 0) is 4.84 Å². The summed E-state index contributed by atoms with van der Waals surface area (Å²) < 4.78 is 0. The van der Waals surface area contributed by atoms with Crippen molar-refractivity contribution in [2.75, 3.05) is 6.54 Å². The summed E-state index contributed by atoms with van der Waals surface area (Å²) in [6.45, 7) is 9.48. The first-order valence-electron chi connectivity index (χ1n) is 9.32. The minimum atomic E-state index is -0.588. The summed E-state index contributed by atoms with van der Waals surface area (Å²) in [4.78, 5) is 16.2. The largest absolute Gasteiger partial charge is 0.330 e. The summed E-state index contributed by atoms with van der Waals surface area (Å²) in [6.07, 6.45) is 9.06. The maximum absolute atomic E-state index is 11.0. The quantitative estimate of drug-likeness (QED) is 0.465. The Kier molecular flexibility index (Phi) is 7.78. The summed E-state index contributed by atoms with van der Waals surface area (Å²) >= 11 is 0. The van der Waals surface area contributed by atoms with E-state index >= 15 is 0 Å². The molecule has 23 heavy (non-hydrogen) atoms. The van der Waals surface area contributed by atoms with Gasteiger partial charge in [0.05, 0.1) is 0 Å². The van der Waals surface area contributed by atoms with Crippen LogP contribution in [0.3, 0.4) is 0 Å². The van der Waals surface area contributed by atoms with Crippen LogP contribution in [0.4, 0.5) is 0 Å². The molecule has 1 aliphatic carbocycles. The van der Waals surface area contributed by atoms with Gasteiger partial charge in [0, 0.05) is 0 Å². The Balaban J connectivity index is 3.05. The van der Waals surface area contributed by atoms with E-state index in [4.69, 9.17) is 10.6 Å². The summed E-state index contributed by atoms with van der Waals surface area (Å²) in [6, 6.07) is 0. The minimum Gasteiger partial charge on any atom is -0.330 e. The Morgan fingerprint density at radius 1 is 1.35 bits per heavy atom. The molecule has 0 amide bonds. The van der Waals surface area contributed by atoms with Crippen LogP contribution in [0.2, 0.25) is 0 Å². The molecule has 5 nitrogen and oxygen atoms in total. The van der Waals surface area contributed by atoms with Gasteiger partial charge in [-0.25, -0.2) is 0 Å². The predicted octanol–water partition coefficient (Wildman–Crippen LogP) is 4.72. The molecule has 1 fully saturated rings. The topological polar surface area (TPSA) is 78.4 Å². The van der Waals surface area contributed by atoms with E-state index in [1.54, 1.807) is 0 Å². The highest BCUT2D eigenvalue weighted by molar-refractivity contribution is 4.97. The van der Waals surface area contributed by atoms with E-state index in [1.807, 2.05) is 6.92 Å².